The highest BCUT2D eigenvalue weighted by Crippen LogP contribution is 2.37. The van der Waals surface area contributed by atoms with E-state index >= 15 is 0 Å². The van der Waals surface area contributed by atoms with Crippen molar-refractivity contribution in [3.63, 3.8) is 0 Å². The van der Waals surface area contributed by atoms with Crippen LogP contribution < -0.4 is 5.73 Å². The number of benzene rings is 1. The molecule has 0 bridgehead atoms. The summed E-state index contributed by atoms with van der Waals surface area (Å²) in [5.74, 6) is -1.39. The molecular formula is C28H34F4N4O3. The molecule has 3 atom stereocenters. The Hall–Kier alpha value is -3.47. The van der Waals surface area contributed by atoms with E-state index in [9.17, 15) is 32.3 Å². The van der Waals surface area contributed by atoms with E-state index < -0.39 is 60.0 Å². The Morgan fingerprint density at radius 3 is 2.56 bits per heavy atom. The Balaban J connectivity index is 1.96. The number of hydrogen-bond acceptors (Lipinski definition) is 5. The molecule has 1 aromatic rings. The Morgan fingerprint density at radius 1 is 1.31 bits per heavy atom. The van der Waals surface area contributed by atoms with Crippen LogP contribution in [0.4, 0.5) is 17.6 Å². The minimum absolute atomic E-state index is 0.111. The van der Waals surface area contributed by atoms with Crippen molar-refractivity contribution in [2.75, 3.05) is 13.1 Å². The summed E-state index contributed by atoms with van der Waals surface area (Å²) in [6.45, 7) is 8.72. The number of alkyl halides is 4. The van der Waals surface area contributed by atoms with Gasteiger partial charge in [0.1, 0.15) is 12.3 Å². The van der Waals surface area contributed by atoms with Gasteiger partial charge in [0.15, 0.2) is 11.5 Å². The van der Waals surface area contributed by atoms with Crippen LogP contribution in [0.25, 0.3) is 0 Å². The van der Waals surface area contributed by atoms with E-state index in [1.54, 1.807) is 18.2 Å². The number of guanidine groups is 1. The number of nitrogens with zero attached hydrogens (tertiary/aromatic N) is 3. The maximum atomic E-state index is 13.8. The minimum atomic E-state index is -4.86. The maximum absolute atomic E-state index is 13.8. The lowest BCUT2D eigenvalue weighted by atomic mass is 9.83. The van der Waals surface area contributed by atoms with Gasteiger partial charge >= 0.3 is 6.18 Å². The van der Waals surface area contributed by atoms with Gasteiger partial charge in [0, 0.05) is 6.54 Å². The highest BCUT2D eigenvalue weighted by molar-refractivity contribution is 6.09. The Labute approximate surface area is 225 Å². The second-order valence-corrected chi connectivity index (χ2v) is 10.2. The number of likely N-dealkylation sites (tertiary alicyclic amines) is 1. The van der Waals surface area contributed by atoms with Crippen molar-refractivity contribution in [2.45, 2.75) is 64.1 Å². The molecular weight excluding hydrogens is 516 g/mol. The number of allylic oxidation sites excluding steroid dienone is 3. The van der Waals surface area contributed by atoms with Gasteiger partial charge in [-0.1, -0.05) is 50.8 Å². The molecule has 2 heterocycles. The number of aliphatic hydroxyl groups excluding tert-OH is 1. The van der Waals surface area contributed by atoms with Crippen molar-refractivity contribution in [3.8, 4) is 0 Å². The fraction of sp³-hybridized carbons (Fsp3) is 0.464. The monoisotopic (exact) mass is 550 g/mol. The molecule has 39 heavy (non-hydrogen) atoms. The summed E-state index contributed by atoms with van der Waals surface area (Å²) < 4.78 is 55.1. The van der Waals surface area contributed by atoms with Gasteiger partial charge in [-0.3, -0.25) is 14.5 Å². The first-order valence-electron chi connectivity index (χ1n) is 12.7. The number of rotatable bonds is 9. The van der Waals surface area contributed by atoms with Gasteiger partial charge in [0.25, 0.3) is 11.8 Å². The van der Waals surface area contributed by atoms with Gasteiger partial charge in [0.05, 0.1) is 24.2 Å². The summed E-state index contributed by atoms with van der Waals surface area (Å²) in [4.78, 5) is 33.2. The van der Waals surface area contributed by atoms with E-state index in [1.165, 1.54) is 4.90 Å². The van der Waals surface area contributed by atoms with Crippen LogP contribution in [0.2, 0.25) is 0 Å². The number of hydrogen-bond donors (Lipinski definition) is 2. The molecule has 0 radical (unpaired) electrons. The first kappa shape index (κ1) is 30.1. The van der Waals surface area contributed by atoms with E-state index in [2.05, 4.69) is 11.6 Å². The number of nitrogens with two attached hydrogens (primary N) is 1. The van der Waals surface area contributed by atoms with Crippen LogP contribution >= 0.6 is 0 Å². The van der Waals surface area contributed by atoms with Crippen LogP contribution in [0.5, 0.6) is 0 Å². The molecule has 1 fully saturated rings. The zero-order valence-corrected chi connectivity index (χ0v) is 22.2. The molecule has 2 unspecified atom stereocenters. The highest BCUT2D eigenvalue weighted by atomic mass is 19.4. The van der Waals surface area contributed by atoms with Crippen LogP contribution in [0.3, 0.4) is 0 Å². The molecule has 1 saturated heterocycles. The zero-order valence-electron chi connectivity index (χ0n) is 22.2. The molecule has 2 amide bonds. The predicted octanol–water partition coefficient (Wildman–Crippen LogP) is 4.38. The summed E-state index contributed by atoms with van der Waals surface area (Å²) in [6, 6.07) is 2.94. The van der Waals surface area contributed by atoms with Gasteiger partial charge in [0.2, 0.25) is 0 Å². The third-order valence-electron chi connectivity index (χ3n) is 6.86. The van der Waals surface area contributed by atoms with Gasteiger partial charge in [-0.15, -0.1) is 0 Å². The SMILES string of the molecule is C=C(/C=C\C=C/C)[C@@]1(CCC(C)C)N=C(N)N(Cc2ccc(C(F)(F)F)c(C(=O)N3CC(O)C(F)C3)c2)C1=O. The smallest absolute Gasteiger partial charge is 0.388 e. The second-order valence-electron chi connectivity index (χ2n) is 10.2. The lowest BCUT2D eigenvalue weighted by Crippen LogP contribution is -2.44. The van der Waals surface area contributed by atoms with Gasteiger partial charge in [-0.2, -0.15) is 13.2 Å². The first-order valence-corrected chi connectivity index (χ1v) is 12.7. The third-order valence-corrected chi connectivity index (χ3v) is 6.86. The predicted molar refractivity (Wildman–Crippen MR) is 140 cm³/mol. The Morgan fingerprint density at radius 2 is 2.00 bits per heavy atom. The molecule has 0 aromatic heterocycles. The van der Waals surface area contributed by atoms with Crippen LogP contribution in [0.1, 0.15) is 55.1 Å². The number of halogens is 4. The lowest BCUT2D eigenvalue weighted by molar-refractivity contribution is -0.138. The summed E-state index contributed by atoms with van der Waals surface area (Å²) >= 11 is 0. The van der Waals surface area contributed by atoms with Crippen LogP contribution in [-0.2, 0) is 17.5 Å². The molecule has 7 nitrogen and oxygen atoms in total. The molecule has 3 rings (SSSR count). The second kappa shape index (κ2) is 11.7. The van der Waals surface area contributed by atoms with E-state index in [0.29, 0.717) is 18.4 Å². The maximum Gasteiger partial charge on any atom is 0.417 e. The standard InChI is InChI=1S/C28H34F4N4O3/c1-5-6-7-8-18(4)27(12-11-17(2)3)25(39)36(26(33)34-27)14-19-9-10-21(28(30,31)32)20(13-19)24(38)35-15-22(29)23(37)16-35/h5-10,13,17,22-23,37H,4,11-12,14-16H2,1-3H3,(H2,33,34)/b6-5-,8-7-/t22?,23?,27-/m1/s1. The van der Waals surface area contributed by atoms with Crippen molar-refractivity contribution >= 4 is 17.8 Å². The quantitative estimate of drug-likeness (QED) is 0.352. The molecule has 11 heteroatoms. The molecule has 2 aliphatic heterocycles. The summed E-state index contributed by atoms with van der Waals surface area (Å²) in [7, 11) is 0. The zero-order chi connectivity index (χ0) is 29.1. The molecule has 0 spiro atoms. The lowest BCUT2D eigenvalue weighted by Gasteiger charge is -2.28. The van der Waals surface area contributed by atoms with Crippen LogP contribution in [-0.4, -0.2) is 63.6 Å². The largest absolute Gasteiger partial charge is 0.417 e. The topological polar surface area (TPSA) is 99.2 Å². The van der Waals surface area contributed by atoms with Crippen molar-refractivity contribution in [2.24, 2.45) is 16.6 Å². The molecule has 2 aliphatic rings. The Kier molecular flexibility index (Phi) is 9.05. The van der Waals surface area contributed by atoms with E-state index in [1.807, 2.05) is 26.8 Å². The highest BCUT2D eigenvalue weighted by Gasteiger charge is 2.49. The van der Waals surface area contributed by atoms with Crippen LogP contribution in [0, 0.1) is 5.92 Å². The molecule has 3 N–H and O–H groups in total. The van der Waals surface area contributed by atoms with Gasteiger partial charge in [-0.25, -0.2) is 9.38 Å². The average Bonchev–Trinajstić information content (AvgIpc) is 3.32. The molecule has 0 aliphatic carbocycles. The van der Waals surface area contributed by atoms with Crippen molar-refractivity contribution in [1.82, 2.24) is 9.80 Å². The van der Waals surface area contributed by atoms with Crippen molar-refractivity contribution in [3.05, 3.63) is 71.3 Å². The number of aliphatic hydroxyl groups is 1. The third kappa shape index (κ3) is 6.41. The minimum Gasteiger partial charge on any atom is -0.388 e. The van der Waals surface area contributed by atoms with E-state index in [0.717, 1.165) is 23.1 Å². The average molecular weight is 551 g/mol. The number of carbonyl (C=O) groups is 2. The van der Waals surface area contributed by atoms with E-state index in [-0.39, 0.29) is 24.0 Å². The van der Waals surface area contributed by atoms with Crippen molar-refractivity contribution < 1.29 is 32.3 Å². The summed E-state index contributed by atoms with van der Waals surface area (Å²) in [5, 5.41) is 9.66. The van der Waals surface area contributed by atoms with E-state index in [4.69, 9.17) is 5.73 Å². The Bertz CT molecular complexity index is 1200. The summed E-state index contributed by atoms with van der Waals surface area (Å²) in [5.41, 5.74) is 3.53. The van der Waals surface area contributed by atoms with Crippen molar-refractivity contribution in [1.29, 1.82) is 0 Å². The fourth-order valence-corrected chi connectivity index (χ4v) is 4.61. The normalized spacial score (nSPS) is 24.0. The summed E-state index contributed by atoms with van der Waals surface area (Å²) in [6.07, 6.45) is -0.119. The molecule has 1 aromatic carbocycles. The number of β-amino-alcohol motifs (C(OH)–C–C–N with tert-alkyl or cyclic N) is 1. The molecule has 212 valence electrons. The molecule has 0 saturated carbocycles. The van der Waals surface area contributed by atoms with Crippen LogP contribution in [0.15, 0.2) is 59.6 Å². The number of aliphatic imine (C=N–C) groups is 1. The van der Waals surface area contributed by atoms with Gasteiger partial charge in [-0.05, 0) is 49.0 Å². The number of amides is 2. The van der Waals surface area contributed by atoms with Gasteiger partial charge < -0.3 is 15.7 Å². The number of carbonyl (C=O) groups excluding carboxylic acids is 2. The first-order chi connectivity index (χ1) is 18.2. The fourth-order valence-electron chi connectivity index (χ4n) is 4.61.